The van der Waals surface area contributed by atoms with Gasteiger partial charge in [0, 0.05) is 10.1 Å². The lowest BCUT2D eigenvalue weighted by atomic mass is 10.2. The van der Waals surface area contributed by atoms with Crippen molar-refractivity contribution in [3.8, 4) is 0 Å². The normalized spacial score (nSPS) is 11.7. The highest BCUT2D eigenvalue weighted by atomic mass is 32.2. The number of amides is 1. The fourth-order valence-electron chi connectivity index (χ4n) is 1.56. The van der Waals surface area contributed by atoms with Gasteiger partial charge in [0.05, 0.1) is 5.56 Å². The van der Waals surface area contributed by atoms with E-state index >= 15 is 0 Å². The number of alkyl halides is 3. The molecule has 1 N–H and O–H groups in total. The average molecular weight is 347 g/mol. The van der Waals surface area contributed by atoms with Crippen LogP contribution in [0.15, 0.2) is 29.2 Å². The minimum atomic E-state index is -4.56. The molecule has 9 heteroatoms. The monoisotopic (exact) mass is 347 g/mol. The van der Waals surface area contributed by atoms with Gasteiger partial charge in [-0.15, -0.1) is 22.0 Å². The molecule has 0 bridgehead atoms. The number of hydrogen-bond donors (Lipinski definition) is 1. The molecular weight excluding hydrogens is 335 g/mol. The second-order valence-corrected chi connectivity index (χ2v) is 7.12. The van der Waals surface area contributed by atoms with E-state index in [1.807, 2.05) is 13.8 Å². The molecule has 0 aliphatic rings. The molecule has 4 nitrogen and oxygen atoms in total. The van der Waals surface area contributed by atoms with Gasteiger partial charge in [0.25, 0.3) is 5.91 Å². The van der Waals surface area contributed by atoms with Crippen LogP contribution in [-0.2, 0) is 6.18 Å². The third-order valence-corrected chi connectivity index (χ3v) is 4.35. The summed E-state index contributed by atoms with van der Waals surface area (Å²) >= 11 is 1.80. The van der Waals surface area contributed by atoms with Crippen molar-refractivity contribution in [2.24, 2.45) is 0 Å². The number of nitrogens with zero attached hydrogens (tertiary/aromatic N) is 2. The van der Waals surface area contributed by atoms with E-state index in [-0.39, 0.29) is 10.4 Å². The number of carbonyl (C=O) groups is 1. The van der Waals surface area contributed by atoms with Crippen LogP contribution in [0.1, 0.15) is 29.2 Å². The first-order valence-corrected chi connectivity index (χ1v) is 7.94. The number of nitrogens with one attached hydrogen (secondary N) is 1. The van der Waals surface area contributed by atoms with Crippen molar-refractivity contribution in [2.75, 3.05) is 5.32 Å². The first kappa shape index (κ1) is 16.8. The number of halogens is 3. The Kier molecular flexibility index (Phi) is 5.07. The fourth-order valence-corrected chi connectivity index (χ4v) is 3.12. The van der Waals surface area contributed by atoms with Crippen molar-refractivity contribution >= 4 is 34.1 Å². The Morgan fingerprint density at radius 2 is 1.95 bits per heavy atom. The van der Waals surface area contributed by atoms with Crippen LogP contribution < -0.4 is 5.32 Å². The van der Waals surface area contributed by atoms with Gasteiger partial charge >= 0.3 is 6.18 Å². The predicted octanol–water partition coefficient (Wildman–Crippen LogP) is 4.31. The number of thioether (sulfide) groups is 1. The second-order valence-electron chi connectivity index (χ2n) is 4.53. The third kappa shape index (κ3) is 4.20. The molecule has 0 atom stereocenters. The molecule has 0 saturated carbocycles. The van der Waals surface area contributed by atoms with Crippen LogP contribution in [-0.4, -0.2) is 21.4 Å². The highest BCUT2D eigenvalue weighted by Crippen LogP contribution is 2.33. The van der Waals surface area contributed by atoms with E-state index in [0.717, 1.165) is 4.90 Å². The molecule has 22 heavy (non-hydrogen) atoms. The maximum Gasteiger partial charge on any atom is 0.445 e. The van der Waals surface area contributed by atoms with Gasteiger partial charge in [-0.3, -0.25) is 10.1 Å². The summed E-state index contributed by atoms with van der Waals surface area (Å²) in [6.07, 6.45) is -4.56. The highest BCUT2D eigenvalue weighted by Gasteiger charge is 2.35. The Morgan fingerprint density at radius 3 is 2.55 bits per heavy atom. The minimum Gasteiger partial charge on any atom is -0.296 e. The van der Waals surface area contributed by atoms with Crippen LogP contribution in [0, 0.1) is 0 Å². The van der Waals surface area contributed by atoms with Crippen LogP contribution in [0.5, 0.6) is 0 Å². The summed E-state index contributed by atoms with van der Waals surface area (Å²) in [6.45, 7) is 3.97. The summed E-state index contributed by atoms with van der Waals surface area (Å²) in [7, 11) is 0. The summed E-state index contributed by atoms with van der Waals surface area (Å²) in [4.78, 5) is 13.0. The molecule has 0 aliphatic heterocycles. The smallest absolute Gasteiger partial charge is 0.296 e. The Labute approximate surface area is 133 Å². The zero-order valence-corrected chi connectivity index (χ0v) is 13.3. The maximum atomic E-state index is 12.5. The van der Waals surface area contributed by atoms with Crippen molar-refractivity contribution < 1.29 is 18.0 Å². The van der Waals surface area contributed by atoms with Crippen molar-refractivity contribution in [2.45, 2.75) is 30.2 Å². The van der Waals surface area contributed by atoms with Crippen molar-refractivity contribution in [1.29, 1.82) is 0 Å². The lowest BCUT2D eigenvalue weighted by Gasteiger charge is -2.10. The summed E-state index contributed by atoms with van der Waals surface area (Å²) in [5, 5.41) is 7.74. The zero-order valence-electron chi connectivity index (χ0n) is 11.6. The summed E-state index contributed by atoms with van der Waals surface area (Å²) in [5.41, 5.74) is 0.393. The van der Waals surface area contributed by atoms with Crippen LogP contribution >= 0.6 is 23.1 Å². The van der Waals surface area contributed by atoms with E-state index in [0.29, 0.717) is 16.9 Å². The van der Waals surface area contributed by atoms with Crippen LogP contribution in [0.25, 0.3) is 0 Å². The van der Waals surface area contributed by atoms with E-state index in [2.05, 4.69) is 15.5 Å². The second kappa shape index (κ2) is 6.66. The van der Waals surface area contributed by atoms with Crippen molar-refractivity contribution in [3.63, 3.8) is 0 Å². The fraction of sp³-hybridized carbons (Fsp3) is 0.308. The molecule has 0 radical (unpaired) electrons. The summed E-state index contributed by atoms with van der Waals surface area (Å²) in [6, 6.07) is 6.90. The SMILES string of the molecule is CC(C)Sc1ccccc1C(=O)Nc1nnc(C(F)(F)F)s1. The largest absolute Gasteiger partial charge is 0.445 e. The average Bonchev–Trinajstić information content (AvgIpc) is 2.87. The van der Waals surface area contributed by atoms with E-state index < -0.39 is 17.1 Å². The predicted molar refractivity (Wildman–Crippen MR) is 80.3 cm³/mol. The lowest BCUT2D eigenvalue weighted by Crippen LogP contribution is -2.13. The molecule has 0 saturated heterocycles. The Morgan fingerprint density at radius 1 is 1.27 bits per heavy atom. The number of anilines is 1. The maximum absolute atomic E-state index is 12.5. The molecule has 0 spiro atoms. The Bertz CT molecular complexity index is 671. The van der Waals surface area contributed by atoms with Gasteiger partial charge in [0.15, 0.2) is 0 Å². The van der Waals surface area contributed by atoms with E-state index in [1.54, 1.807) is 24.3 Å². The van der Waals surface area contributed by atoms with E-state index in [9.17, 15) is 18.0 Å². The highest BCUT2D eigenvalue weighted by molar-refractivity contribution is 8.00. The first-order valence-electron chi connectivity index (χ1n) is 6.25. The van der Waals surface area contributed by atoms with Crippen molar-refractivity contribution in [3.05, 3.63) is 34.8 Å². The van der Waals surface area contributed by atoms with E-state index in [4.69, 9.17) is 0 Å². The van der Waals surface area contributed by atoms with Crippen molar-refractivity contribution in [1.82, 2.24) is 10.2 Å². The van der Waals surface area contributed by atoms with Gasteiger partial charge < -0.3 is 0 Å². The molecule has 2 aromatic rings. The molecule has 1 heterocycles. The number of hydrogen-bond acceptors (Lipinski definition) is 5. The van der Waals surface area contributed by atoms with Crippen LogP contribution in [0.3, 0.4) is 0 Å². The van der Waals surface area contributed by atoms with Gasteiger partial charge in [0.2, 0.25) is 10.1 Å². The molecule has 2 rings (SSSR count). The van der Waals surface area contributed by atoms with Crippen LogP contribution in [0.4, 0.5) is 18.3 Å². The summed E-state index contributed by atoms with van der Waals surface area (Å²) < 4.78 is 37.4. The van der Waals surface area contributed by atoms with Gasteiger partial charge in [0.1, 0.15) is 0 Å². The molecule has 0 fully saturated rings. The number of rotatable bonds is 4. The number of carbonyl (C=O) groups excluding carboxylic acids is 1. The molecule has 1 amide bonds. The number of aromatic nitrogens is 2. The molecular formula is C13H12F3N3OS2. The Balaban J connectivity index is 2.18. The van der Waals surface area contributed by atoms with Gasteiger partial charge in [-0.1, -0.05) is 37.3 Å². The summed E-state index contributed by atoms with van der Waals surface area (Å²) in [5.74, 6) is -0.506. The third-order valence-electron chi connectivity index (χ3n) is 2.38. The molecule has 118 valence electrons. The zero-order chi connectivity index (χ0) is 16.3. The topological polar surface area (TPSA) is 54.9 Å². The Hall–Kier alpha value is -1.61. The van der Waals surface area contributed by atoms with Crippen LogP contribution in [0.2, 0.25) is 0 Å². The molecule has 0 aliphatic carbocycles. The van der Waals surface area contributed by atoms with E-state index in [1.165, 1.54) is 11.8 Å². The minimum absolute atomic E-state index is 0.179. The molecule has 1 aromatic carbocycles. The van der Waals surface area contributed by atoms with Gasteiger partial charge in [-0.25, -0.2) is 0 Å². The first-order chi connectivity index (χ1) is 10.3. The molecule has 0 unspecified atom stereocenters. The van der Waals surface area contributed by atoms with Gasteiger partial charge in [-0.05, 0) is 12.1 Å². The number of benzene rings is 1. The standard InChI is InChI=1S/C13H12F3N3OS2/c1-7(2)21-9-6-4-3-5-8(9)10(20)17-12-19-18-11(22-12)13(14,15)16/h3-7H,1-2H3,(H,17,19,20). The molecule has 1 aromatic heterocycles. The quantitative estimate of drug-likeness (QED) is 0.838. The van der Waals surface area contributed by atoms with Gasteiger partial charge in [-0.2, -0.15) is 13.2 Å². The lowest BCUT2D eigenvalue weighted by molar-refractivity contribution is -0.138.